The Morgan fingerprint density at radius 2 is 1.77 bits per heavy atom. The highest BCUT2D eigenvalue weighted by atomic mass is 32.2. The number of aryl methyl sites for hydroxylation is 1. The molecule has 1 aliphatic heterocycles. The summed E-state index contributed by atoms with van der Waals surface area (Å²) in [6.07, 6.45) is 0. The van der Waals surface area contributed by atoms with Crippen LogP contribution in [0.25, 0.3) is 0 Å². The van der Waals surface area contributed by atoms with E-state index in [0.717, 1.165) is 32.8 Å². The molecule has 0 atom stereocenters. The summed E-state index contributed by atoms with van der Waals surface area (Å²) < 4.78 is 5.44. The van der Waals surface area contributed by atoms with Gasteiger partial charge in [0.1, 0.15) is 19.6 Å². The molecule has 0 bridgehead atoms. The van der Waals surface area contributed by atoms with E-state index < -0.39 is 0 Å². The quantitative estimate of drug-likeness (QED) is 0.730. The maximum Gasteiger partial charge on any atom is 0.230 e. The molecule has 4 nitrogen and oxygen atoms in total. The van der Waals surface area contributed by atoms with Gasteiger partial charge in [-0.1, -0.05) is 42.5 Å². The number of thioether (sulfide) groups is 1. The van der Waals surface area contributed by atoms with Gasteiger partial charge >= 0.3 is 0 Å². The van der Waals surface area contributed by atoms with Crippen LogP contribution in [0.3, 0.4) is 0 Å². The third-order valence-electron chi connectivity index (χ3n) is 4.69. The number of hydrogen-bond donors (Lipinski definition) is 2. The minimum Gasteiger partial charge on any atom is -0.370 e. The van der Waals surface area contributed by atoms with Crippen LogP contribution in [0.15, 0.2) is 53.4 Å². The number of carbonyl (C=O) groups excluding carboxylic acids is 1. The number of rotatable bonds is 7. The number of ether oxygens (including phenoxy) is 1. The second-order valence-electron chi connectivity index (χ2n) is 6.64. The molecule has 1 saturated heterocycles. The number of quaternary nitrogens is 1. The highest BCUT2D eigenvalue weighted by Crippen LogP contribution is 2.21. The summed E-state index contributed by atoms with van der Waals surface area (Å²) in [6, 6.07) is 16.6. The van der Waals surface area contributed by atoms with Crippen molar-refractivity contribution in [2.75, 3.05) is 32.1 Å². The third-order valence-corrected chi connectivity index (χ3v) is 5.86. The molecule has 26 heavy (non-hydrogen) atoms. The monoisotopic (exact) mass is 371 g/mol. The first-order valence-electron chi connectivity index (χ1n) is 9.15. The lowest BCUT2D eigenvalue weighted by Crippen LogP contribution is -3.12. The topological polar surface area (TPSA) is 42.8 Å². The number of morpholine rings is 1. The lowest BCUT2D eigenvalue weighted by Gasteiger charge is -2.24. The van der Waals surface area contributed by atoms with Crippen LogP contribution in [0.1, 0.15) is 16.7 Å². The van der Waals surface area contributed by atoms with Gasteiger partial charge in [0.25, 0.3) is 0 Å². The Kier molecular flexibility index (Phi) is 7.12. The molecule has 2 aromatic rings. The van der Waals surface area contributed by atoms with E-state index >= 15 is 0 Å². The van der Waals surface area contributed by atoms with E-state index in [0.29, 0.717) is 12.3 Å². The molecular formula is C21H27N2O2S+. The zero-order valence-corrected chi connectivity index (χ0v) is 16.1. The Morgan fingerprint density at radius 1 is 1.08 bits per heavy atom. The van der Waals surface area contributed by atoms with Crippen molar-refractivity contribution >= 4 is 17.7 Å². The molecule has 3 rings (SSSR count). The van der Waals surface area contributed by atoms with E-state index in [1.54, 1.807) is 16.7 Å². The zero-order valence-electron chi connectivity index (χ0n) is 15.3. The van der Waals surface area contributed by atoms with Gasteiger partial charge in [0.15, 0.2) is 0 Å². The van der Waals surface area contributed by atoms with Gasteiger partial charge in [0, 0.05) is 17.0 Å². The summed E-state index contributed by atoms with van der Waals surface area (Å²) >= 11 is 1.59. The molecular weight excluding hydrogens is 344 g/mol. The summed E-state index contributed by atoms with van der Waals surface area (Å²) in [5.41, 5.74) is 3.74. The van der Waals surface area contributed by atoms with Crippen LogP contribution >= 0.6 is 11.8 Å². The van der Waals surface area contributed by atoms with E-state index in [1.165, 1.54) is 21.6 Å². The maximum atomic E-state index is 12.2. The first kappa shape index (κ1) is 19.0. The van der Waals surface area contributed by atoms with Gasteiger partial charge < -0.3 is 15.0 Å². The Morgan fingerprint density at radius 3 is 2.54 bits per heavy atom. The van der Waals surface area contributed by atoms with Gasteiger partial charge in [-0.2, -0.15) is 0 Å². The third kappa shape index (κ3) is 5.59. The van der Waals surface area contributed by atoms with Gasteiger partial charge in [-0.05, 0) is 24.1 Å². The van der Waals surface area contributed by atoms with Crippen molar-refractivity contribution in [3.05, 3.63) is 65.2 Å². The summed E-state index contributed by atoms with van der Waals surface area (Å²) in [5.74, 6) is 0.522. The molecule has 0 spiro atoms. The molecule has 5 heteroatoms. The van der Waals surface area contributed by atoms with Crippen LogP contribution in [0.5, 0.6) is 0 Å². The zero-order chi connectivity index (χ0) is 18.2. The van der Waals surface area contributed by atoms with Crippen LogP contribution < -0.4 is 10.2 Å². The molecule has 0 saturated carbocycles. The Bertz CT molecular complexity index is 729. The van der Waals surface area contributed by atoms with Gasteiger partial charge in [0.05, 0.1) is 19.0 Å². The van der Waals surface area contributed by atoms with E-state index in [1.807, 2.05) is 18.2 Å². The molecule has 0 unspecified atom stereocenters. The van der Waals surface area contributed by atoms with Gasteiger partial charge in [-0.3, -0.25) is 4.79 Å². The second kappa shape index (κ2) is 9.76. The molecule has 2 N–H and O–H groups in total. The SMILES string of the molecule is Cc1ccccc1SCC(=O)NCc1ccccc1C[NH+]1CCOCC1. The number of nitrogens with one attached hydrogen (secondary N) is 2. The van der Waals surface area contributed by atoms with E-state index in [9.17, 15) is 4.79 Å². The van der Waals surface area contributed by atoms with Gasteiger partial charge in [0.2, 0.25) is 5.91 Å². The summed E-state index contributed by atoms with van der Waals surface area (Å²) in [5, 5.41) is 3.07. The fourth-order valence-electron chi connectivity index (χ4n) is 3.12. The average Bonchev–Trinajstić information content (AvgIpc) is 2.67. The normalized spacial score (nSPS) is 15.0. The minimum atomic E-state index is 0.0757. The Labute approximate surface area is 159 Å². The fraction of sp³-hybridized carbons (Fsp3) is 0.381. The molecule has 138 valence electrons. The number of amides is 1. The Balaban J connectivity index is 1.51. The van der Waals surface area contributed by atoms with E-state index in [2.05, 4.69) is 42.6 Å². The lowest BCUT2D eigenvalue weighted by atomic mass is 10.1. The lowest BCUT2D eigenvalue weighted by molar-refractivity contribution is -0.921. The van der Waals surface area contributed by atoms with E-state index in [-0.39, 0.29) is 5.91 Å². The largest absolute Gasteiger partial charge is 0.370 e. The molecule has 1 aliphatic rings. The minimum absolute atomic E-state index is 0.0757. The van der Waals surface area contributed by atoms with Crippen LogP contribution in [0, 0.1) is 6.92 Å². The van der Waals surface area contributed by atoms with Crippen molar-refractivity contribution in [2.24, 2.45) is 0 Å². The maximum absolute atomic E-state index is 12.2. The summed E-state index contributed by atoms with van der Waals surface area (Å²) in [7, 11) is 0. The van der Waals surface area contributed by atoms with Crippen LogP contribution in [-0.4, -0.2) is 38.0 Å². The van der Waals surface area contributed by atoms with Crippen molar-refractivity contribution in [3.8, 4) is 0 Å². The highest BCUT2D eigenvalue weighted by molar-refractivity contribution is 8.00. The predicted molar refractivity (Wildman–Crippen MR) is 105 cm³/mol. The standard InChI is InChI=1S/C21H26N2O2S/c1-17-6-2-5-9-20(17)26-16-21(24)22-14-18-7-3-4-8-19(18)15-23-10-12-25-13-11-23/h2-9H,10-16H2,1H3,(H,22,24)/p+1. The Hall–Kier alpha value is -1.82. The fourth-order valence-corrected chi connectivity index (χ4v) is 3.97. The molecule has 1 amide bonds. The molecule has 1 fully saturated rings. The molecule has 0 radical (unpaired) electrons. The van der Waals surface area contributed by atoms with Crippen molar-refractivity contribution in [2.45, 2.75) is 24.9 Å². The van der Waals surface area contributed by atoms with Crippen LogP contribution in [-0.2, 0) is 22.6 Å². The highest BCUT2D eigenvalue weighted by Gasteiger charge is 2.16. The van der Waals surface area contributed by atoms with Gasteiger partial charge in [-0.25, -0.2) is 0 Å². The molecule has 2 aromatic carbocycles. The average molecular weight is 372 g/mol. The summed E-state index contributed by atoms with van der Waals surface area (Å²) in [4.78, 5) is 15.0. The second-order valence-corrected chi connectivity index (χ2v) is 7.66. The molecule has 0 aromatic heterocycles. The molecule has 1 heterocycles. The first-order chi connectivity index (χ1) is 12.7. The number of hydrogen-bond acceptors (Lipinski definition) is 3. The first-order valence-corrected chi connectivity index (χ1v) is 10.1. The van der Waals surface area contributed by atoms with Crippen molar-refractivity contribution in [1.82, 2.24) is 5.32 Å². The van der Waals surface area contributed by atoms with Gasteiger partial charge in [-0.15, -0.1) is 11.8 Å². The van der Waals surface area contributed by atoms with Crippen LogP contribution in [0.2, 0.25) is 0 Å². The number of benzene rings is 2. The van der Waals surface area contributed by atoms with Crippen molar-refractivity contribution < 1.29 is 14.4 Å². The van der Waals surface area contributed by atoms with Crippen molar-refractivity contribution in [1.29, 1.82) is 0 Å². The predicted octanol–water partition coefficient (Wildman–Crippen LogP) is 1.82. The van der Waals surface area contributed by atoms with Crippen molar-refractivity contribution in [3.63, 3.8) is 0 Å². The molecule has 0 aliphatic carbocycles. The number of carbonyl (C=O) groups is 1. The van der Waals surface area contributed by atoms with Crippen LogP contribution in [0.4, 0.5) is 0 Å². The smallest absolute Gasteiger partial charge is 0.230 e. The summed E-state index contributed by atoms with van der Waals surface area (Å²) in [6.45, 7) is 7.43. The van der Waals surface area contributed by atoms with E-state index in [4.69, 9.17) is 4.74 Å².